The summed E-state index contributed by atoms with van der Waals surface area (Å²) in [4.78, 5) is 2.23. The predicted molar refractivity (Wildman–Crippen MR) is 98.8 cm³/mol. The standard InChI is InChI=1S/C18H23N3O2S/c1-4-19-18(24)21-11-10-20-9-5-6-15(20)17(21)14-12-13(22-2)7-8-16(14)23-3/h5-9,12,17H,4,10-11H2,1-3H3,(H,19,24)/t17-/m0/s1. The summed E-state index contributed by atoms with van der Waals surface area (Å²) in [6.07, 6.45) is 2.11. The molecular weight excluding hydrogens is 322 g/mol. The molecule has 0 aliphatic carbocycles. The molecule has 0 saturated carbocycles. The van der Waals surface area contributed by atoms with E-state index in [1.807, 2.05) is 18.2 Å². The van der Waals surface area contributed by atoms with Crippen LogP contribution in [0.25, 0.3) is 0 Å². The maximum Gasteiger partial charge on any atom is 0.169 e. The lowest BCUT2D eigenvalue weighted by Crippen LogP contribution is -2.47. The molecule has 1 aromatic carbocycles. The molecule has 1 aliphatic heterocycles. The molecule has 0 bridgehead atoms. The quantitative estimate of drug-likeness (QED) is 0.863. The summed E-state index contributed by atoms with van der Waals surface area (Å²) in [6.45, 7) is 4.62. The number of nitrogens with one attached hydrogen (secondary N) is 1. The highest BCUT2D eigenvalue weighted by Crippen LogP contribution is 2.39. The molecular formula is C18H23N3O2S. The summed E-state index contributed by atoms with van der Waals surface area (Å²) >= 11 is 5.63. The van der Waals surface area contributed by atoms with E-state index in [4.69, 9.17) is 21.7 Å². The number of nitrogens with zero attached hydrogens (tertiary/aromatic N) is 2. The van der Waals surface area contributed by atoms with Crippen LogP contribution in [-0.4, -0.2) is 41.9 Å². The zero-order valence-corrected chi connectivity index (χ0v) is 15.1. The Bertz CT molecular complexity index is 729. The van der Waals surface area contributed by atoms with E-state index < -0.39 is 0 Å². The maximum atomic E-state index is 5.63. The molecule has 2 aromatic rings. The van der Waals surface area contributed by atoms with E-state index in [-0.39, 0.29) is 6.04 Å². The third-order valence-corrected chi connectivity index (χ3v) is 4.74. The Morgan fingerprint density at radius 1 is 1.25 bits per heavy atom. The van der Waals surface area contributed by atoms with Gasteiger partial charge in [-0.25, -0.2) is 0 Å². The van der Waals surface area contributed by atoms with Crippen molar-refractivity contribution in [3.05, 3.63) is 47.8 Å². The van der Waals surface area contributed by atoms with Crippen molar-refractivity contribution in [1.82, 2.24) is 14.8 Å². The van der Waals surface area contributed by atoms with Crippen molar-refractivity contribution in [3.8, 4) is 11.5 Å². The van der Waals surface area contributed by atoms with E-state index in [0.29, 0.717) is 0 Å². The lowest BCUT2D eigenvalue weighted by atomic mass is 9.99. The van der Waals surface area contributed by atoms with Gasteiger partial charge < -0.3 is 24.3 Å². The lowest BCUT2D eigenvalue weighted by Gasteiger charge is -2.39. The second-order valence-electron chi connectivity index (χ2n) is 5.67. The maximum absolute atomic E-state index is 5.63. The first-order valence-corrected chi connectivity index (χ1v) is 8.51. The van der Waals surface area contributed by atoms with Gasteiger partial charge in [0.25, 0.3) is 0 Å². The Kier molecular flexibility index (Phi) is 4.94. The minimum absolute atomic E-state index is 0.00894. The number of benzene rings is 1. The molecule has 0 spiro atoms. The number of rotatable bonds is 4. The fraction of sp³-hybridized carbons (Fsp3) is 0.389. The van der Waals surface area contributed by atoms with Crippen LogP contribution in [0.1, 0.15) is 24.2 Å². The van der Waals surface area contributed by atoms with Crippen molar-refractivity contribution in [2.75, 3.05) is 27.3 Å². The van der Waals surface area contributed by atoms with E-state index >= 15 is 0 Å². The fourth-order valence-corrected chi connectivity index (χ4v) is 3.58. The number of ether oxygens (including phenoxy) is 2. The number of hydrogen-bond acceptors (Lipinski definition) is 3. The van der Waals surface area contributed by atoms with Crippen molar-refractivity contribution >= 4 is 17.3 Å². The smallest absolute Gasteiger partial charge is 0.169 e. The van der Waals surface area contributed by atoms with Gasteiger partial charge in [-0.15, -0.1) is 0 Å². The minimum atomic E-state index is -0.00894. The van der Waals surface area contributed by atoms with Crippen LogP contribution >= 0.6 is 12.2 Å². The fourth-order valence-electron chi connectivity index (χ4n) is 3.24. The number of thiocarbonyl (C=S) groups is 1. The molecule has 1 aromatic heterocycles. The first kappa shape index (κ1) is 16.6. The summed E-state index contributed by atoms with van der Waals surface area (Å²) in [5.41, 5.74) is 2.25. The van der Waals surface area contributed by atoms with Crippen LogP contribution in [-0.2, 0) is 6.54 Å². The van der Waals surface area contributed by atoms with Gasteiger partial charge in [-0.1, -0.05) is 0 Å². The zero-order chi connectivity index (χ0) is 17.1. The number of aromatic nitrogens is 1. The van der Waals surface area contributed by atoms with Crippen molar-refractivity contribution in [2.24, 2.45) is 0 Å². The number of hydrogen-bond donors (Lipinski definition) is 1. The lowest BCUT2D eigenvalue weighted by molar-refractivity contribution is 0.278. The molecule has 1 atom stereocenters. The largest absolute Gasteiger partial charge is 0.497 e. The van der Waals surface area contributed by atoms with Gasteiger partial charge in [0.2, 0.25) is 0 Å². The van der Waals surface area contributed by atoms with Gasteiger partial charge in [0.15, 0.2) is 5.11 Å². The minimum Gasteiger partial charge on any atom is -0.497 e. The van der Waals surface area contributed by atoms with E-state index in [1.165, 1.54) is 5.69 Å². The number of methoxy groups -OCH3 is 2. The van der Waals surface area contributed by atoms with Gasteiger partial charge >= 0.3 is 0 Å². The Balaban J connectivity index is 2.12. The van der Waals surface area contributed by atoms with E-state index in [2.05, 4.69) is 40.0 Å². The molecule has 0 radical (unpaired) electrons. The molecule has 24 heavy (non-hydrogen) atoms. The second-order valence-corrected chi connectivity index (χ2v) is 6.05. The molecule has 3 rings (SSSR count). The van der Waals surface area contributed by atoms with Gasteiger partial charge in [-0.3, -0.25) is 0 Å². The van der Waals surface area contributed by atoms with Crippen LogP contribution in [0.5, 0.6) is 11.5 Å². The number of fused-ring (bicyclic) bond motifs is 1. The summed E-state index contributed by atoms with van der Waals surface area (Å²) in [5, 5.41) is 4.04. The summed E-state index contributed by atoms with van der Waals surface area (Å²) < 4.78 is 13.3. The molecule has 5 nitrogen and oxygen atoms in total. The molecule has 1 aliphatic rings. The second kappa shape index (κ2) is 7.13. The van der Waals surface area contributed by atoms with E-state index in [0.717, 1.165) is 41.8 Å². The molecule has 2 heterocycles. The van der Waals surface area contributed by atoms with Gasteiger partial charge in [0.1, 0.15) is 17.5 Å². The average molecular weight is 345 g/mol. The average Bonchev–Trinajstić information content (AvgIpc) is 3.09. The van der Waals surface area contributed by atoms with Gasteiger partial charge in [0, 0.05) is 37.1 Å². The highest BCUT2D eigenvalue weighted by atomic mass is 32.1. The first-order chi connectivity index (χ1) is 11.7. The Hall–Kier alpha value is -2.21. The Labute approximate surface area is 148 Å². The molecule has 0 fully saturated rings. The third-order valence-electron chi connectivity index (χ3n) is 4.36. The molecule has 0 unspecified atom stereocenters. The van der Waals surface area contributed by atoms with Crippen molar-refractivity contribution in [3.63, 3.8) is 0 Å². The van der Waals surface area contributed by atoms with E-state index in [1.54, 1.807) is 14.2 Å². The van der Waals surface area contributed by atoms with Crippen LogP contribution in [0.15, 0.2) is 36.5 Å². The molecule has 1 N–H and O–H groups in total. The summed E-state index contributed by atoms with van der Waals surface area (Å²) in [5.74, 6) is 1.64. The van der Waals surface area contributed by atoms with Gasteiger partial charge in [0.05, 0.1) is 14.2 Å². The van der Waals surface area contributed by atoms with Gasteiger partial charge in [-0.2, -0.15) is 0 Å². The summed E-state index contributed by atoms with van der Waals surface area (Å²) in [7, 11) is 3.37. The summed E-state index contributed by atoms with van der Waals surface area (Å²) in [6, 6.07) is 10.1. The molecule has 0 amide bonds. The predicted octanol–water partition coefficient (Wildman–Crippen LogP) is 2.80. The topological polar surface area (TPSA) is 38.7 Å². The van der Waals surface area contributed by atoms with Crippen molar-refractivity contribution < 1.29 is 9.47 Å². The van der Waals surface area contributed by atoms with E-state index in [9.17, 15) is 0 Å². The normalized spacial score (nSPS) is 16.5. The van der Waals surface area contributed by atoms with Crippen LogP contribution in [0, 0.1) is 0 Å². The highest BCUT2D eigenvalue weighted by Gasteiger charge is 2.32. The molecule has 0 saturated heterocycles. The monoisotopic (exact) mass is 345 g/mol. The van der Waals surface area contributed by atoms with Crippen LogP contribution < -0.4 is 14.8 Å². The first-order valence-electron chi connectivity index (χ1n) is 8.11. The molecule has 6 heteroatoms. The molecule has 128 valence electrons. The van der Waals surface area contributed by atoms with Crippen LogP contribution in [0.3, 0.4) is 0 Å². The Morgan fingerprint density at radius 3 is 2.79 bits per heavy atom. The zero-order valence-electron chi connectivity index (χ0n) is 14.3. The van der Waals surface area contributed by atoms with Crippen molar-refractivity contribution in [1.29, 1.82) is 0 Å². The van der Waals surface area contributed by atoms with Crippen molar-refractivity contribution in [2.45, 2.75) is 19.5 Å². The van der Waals surface area contributed by atoms with Crippen LogP contribution in [0.2, 0.25) is 0 Å². The highest BCUT2D eigenvalue weighted by molar-refractivity contribution is 7.80. The third kappa shape index (κ3) is 2.94. The SMILES string of the molecule is CCNC(=S)N1CCn2cccc2[C@@H]1c1cc(OC)ccc1OC. The Morgan fingerprint density at radius 2 is 2.08 bits per heavy atom. The van der Waals surface area contributed by atoms with Crippen LogP contribution in [0.4, 0.5) is 0 Å². The van der Waals surface area contributed by atoms with Gasteiger partial charge in [-0.05, 0) is 49.5 Å².